The van der Waals surface area contributed by atoms with E-state index in [9.17, 15) is 0 Å². The Bertz CT molecular complexity index is 164. The minimum Gasteiger partial charge on any atom is -0.377 e. The average molecular weight is 214 g/mol. The third kappa shape index (κ3) is 4.96. The minimum atomic E-state index is 0.459. The van der Waals surface area contributed by atoms with Gasteiger partial charge in [-0.05, 0) is 32.4 Å². The van der Waals surface area contributed by atoms with Crippen molar-refractivity contribution < 1.29 is 4.74 Å². The van der Waals surface area contributed by atoms with Crippen LogP contribution in [0.15, 0.2) is 0 Å². The number of rotatable bonds is 7. The first-order valence-electron chi connectivity index (χ1n) is 6.25. The summed E-state index contributed by atoms with van der Waals surface area (Å²) in [6, 6.07) is 0. The molecule has 0 aromatic carbocycles. The lowest BCUT2D eigenvalue weighted by Gasteiger charge is -2.23. The normalized spacial score (nSPS) is 26.4. The molecule has 15 heavy (non-hydrogen) atoms. The van der Waals surface area contributed by atoms with Gasteiger partial charge in [-0.2, -0.15) is 0 Å². The first kappa shape index (κ1) is 12.9. The fourth-order valence-corrected chi connectivity index (χ4v) is 1.96. The van der Waals surface area contributed by atoms with E-state index in [2.05, 4.69) is 31.1 Å². The van der Waals surface area contributed by atoms with Gasteiger partial charge in [0.1, 0.15) is 0 Å². The molecule has 90 valence electrons. The zero-order valence-corrected chi connectivity index (χ0v) is 10.5. The molecule has 1 aliphatic heterocycles. The molecule has 3 nitrogen and oxygen atoms in total. The molecule has 1 fully saturated rings. The summed E-state index contributed by atoms with van der Waals surface area (Å²) in [7, 11) is 2.18. The van der Waals surface area contributed by atoms with Crippen molar-refractivity contribution in [2.75, 3.05) is 39.8 Å². The largest absolute Gasteiger partial charge is 0.377 e. The van der Waals surface area contributed by atoms with Crippen molar-refractivity contribution in [3.63, 3.8) is 0 Å². The zero-order chi connectivity index (χ0) is 11.1. The van der Waals surface area contributed by atoms with Gasteiger partial charge in [0.15, 0.2) is 0 Å². The topological polar surface area (TPSA) is 24.5 Å². The lowest BCUT2D eigenvalue weighted by Crippen LogP contribution is -2.36. The van der Waals surface area contributed by atoms with Crippen molar-refractivity contribution >= 4 is 0 Å². The van der Waals surface area contributed by atoms with Crippen LogP contribution in [0.5, 0.6) is 0 Å². The van der Waals surface area contributed by atoms with Crippen LogP contribution in [0.2, 0.25) is 0 Å². The van der Waals surface area contributed by atoms with E-state index >= 15 is 0 Å². The smallest absolute Gasteiger partial charge is 0.0728 e. The first-order valence-corrected chi connectivity index (χ1v) is 6.25. The van der Waals surface area contributed by atoms with Gasteiger partial charge >= 0.3 is 0 Å². The predicted octanol–water partition coefficient (Wildman–Crippen LogP) is 1.34. The molecule has 1 aliphatic rings. The molecule has 2 atom stereocenters. The van der Waals surface area contributed by atoms with Crippen molar-refractivity contribution in [3.05, 3.63) is 0 Å². The molecule has 0 radical (unpaired) electrons. The molecule has 2 unspecified atom stereocenters. The Labute approximate surface area is 94.2 Å². The summed E-state index contributed by atoms with van der Waals surface area (Å²) in [6.45, 7) is 9.86. The quantitative estimate of drug-likeness (QED) is 0.647. The van der Waals surface area contributed by atoms with Crippen molar-refractivity contribution in [1.29, 1.82) is 0 Å². The number of hydrogen-bond donors (Lipinski definition) is 1. The third-order valence-corrected chi connectivity index (χ3v) is 3.13. The number of likely N-dealkylation sites (N-methyl/N-ethyl adjacent to an activating group) is 1. The molecule has 1 rings (SSSR count). The summed E-state index contributed by atoms with van der Waals surface area (Å²) >= 11 is 0. The van der Waals surface area contributed by atoms with Crippen LogP contribution in [0.4, 0.5) is 0 Å². The number of ether oxygens (including phenoxy) is 1. The summed E-state index contributed by atoms with van der Waals surface area (Å²) in [5.41, 5.74) is 0. The molecule has 0 aliphatic carbocycles. The van der Waals surface area contributed by atoms with Crippen LogP contribution < -0.4 is 5.32 Å². The summed E-state index contributed by atoms with van der Waals surface area (Å²) in [4.78, 5) is 2.37. The molecular formula is C12H26N2O. The fraction of sp³-hybridized carbons (Fsp3) is 1.00. The number of hydrogen-bond acceptors (Lipinski definition) is 3. The van der Waals surface area contributed by atoms with E-state index in [1.807, 2.05) is 0 Å². The lowest BCUT2D eigenvalue weighted by molar-refractivity contribution is 0.0653. The Kier molecular flexibility index (Phi) is 6.22. The van der Waals surface area contributed by atoms with Crippen LogP contribution in [0, 0.1) is 5.92 Å². The SMILES string of the molecule is CCCNCCN(C)CC1OCCC1C. The van der Waals surface area contributed by atoms with E-state index in [4.69, 9.17) is 4.74 Å². The van der Waals surface area contributed by atoms with Crippen LogP contribution in [-0.4, -0.2) is 50.8 Å². The van der Waals surface area contributed by atoms with E-state index in [1.54, 1.807) is 0 Å². The molecular weight excluding hydrogens is 188 g/mol. The molecule has 3 heteroatoms. The summed E-state index contributed by atoms with van der Waals surface area (Å²) in [6.07, 6.45) is 2.90. The third-order valence-electron chi connectivity index (χ3n) is 3.13. The van der Waals surface area contributed by atoms with Crippen LogP contribution >= 0.6 is 0 Å². The van der Waals surface area contributed by atoms with E-state index in [0.29, 0.717) is 6.10 Å². The second-order valence-corrected chi connectivity index (χ2v) is 4.69. The maximum absolute atomic E-state index is 5.70. The second kappa shape index (κ2) is 7.20. The Morgan fingerprint density at radius 1 is 1.40 bits per heavy atom. The van der Waals surface area contributed by atoms with Gasteiger partial charge in [0, 0.05) is 26.2 Å². The van der Waals surface area contributed by atoms with Crippen LogP contribution in [0.1, 0.15) is 26.7 Å². The molecule has 0 amide bonds. The maximum Gasteiger partial charge on any atom is 0.0728 e. The first-order chi connectivity index (χ1) is 7.24. The molecule has 1 saturated heterocycles. The molecule has 1 N–H and O–H groups in total. The van der Waals surface area contributed by atoms with E-state index in [0.717, 1.165) is 38.7 Å². The summed E-state index contributed by atoms with van der Waals surface area (Å²) < 4.78 is 5.70. The van der Waals surface area contributed by atoms with Gasteiger partial charge in [-0.3, -0.25) is 0 Å². The number of nitrogens with zero attached hydrogens (tertiary/aromatic N) is 1. The maximum atomic E-state index is 5.70. The highest BCUT2D eigenvalue weighted by atomic mass is 16.5. The summed E-state index contributed by atoms with van der Waals surface area (Å²) in [5.74, 6) is 0.732. The van der Waals surface area contributed by atoms with Gasteiger partial charge in [-0.1, -0.05) is 13.8 Å². The van der Waals surface area contributed by atoms with Gasteiger partial charge in [0.2, 0.25) is 0 Å². The van der Waals surface area contributed by atoms with Crippen molar-refractivity contribution in [2.45, 2.75) is 32.8 Å². The lowest BCUT2D eigenvalue weighted by atomic mass is 10.0. The van der Waals surface area contributed by atoms with Gasteiger partial charge in [-0.15, -0.1) is 0 Å². The molecule has 0 aromatic rings. The van der Waals surface area contributed by atoms with Gasteiger partial charge in [-0.25, -0.2) is 0 Å². The van der Waals surface area contributed by atoms with Gasteiger partial charge < -0.3 is 15.0 Å². The Morgan fingerprint density at radius 3 is 2.80 bits per heavy atom. The van der Waals surface area contributed by atoms with Crippen LogP contribution in [0.3, 0.4) is 0 Å². The Morgan fingerprint density at radius 2 is 2.20 bits per heavy atom. The fourth-order valence-electron chi connectivity index (χ4n) is 1.96. The highest BCUT2D eigenvalue weighted by Crippen LogP contribution is 2.20. The average Bonchev–Trinajstić information content (AvgIpc) is 2.59. The van der Waals surface area contributed by atoms with Crippen molar-refractivity contribution in [1.82, 2.24) is 10.2 Å². The molecule has 0 spiro atoms. The molecule has 0 bridgehead atoms. The molecule has 1 heterocycles. The van der Waals surface area contributed by atoms with Crippen molar-refractivity contribution in [3.8, 4) is 0 Å². The van der Waals surface area contributed by atoms with E-state index < -0.39 is 0 Å². The highest BCUT2D eigenvalue weighted by Gasteiger charge is 2.24. The Hall–Kier alpha value is -0.120. The Balaban J connectivity index is 2.04. The highest BCUT2D eigenvalue weighted by molar-refractivity contribution is 4.75. The van der Waals surface area contributed by atoms with E-state index in [-0.39, 0.29) is 0 Å². The molecule has 0 saturated carbocycles. The second-order valence-electron chi connectivity index (χ2n) is 4.69. The number of nitrogens with one attached hydrogen (secondary N) is 1. The standard InChI is InChI=1S/C12H26N2O/c1-4-6-13-7-8-14(3)10-12-11(2)5-9-15-12/h11-13H,4-10H2,1-3H3. The van der Waals surface area contributed by atoms with E-state index in [1.165, 1.54) is 12.8 Å². The van der Waals surface area contributed by atoms with Gasteiger partial charge in [0.25, 0.3) is 0 Å². The molecule has 0 aromatic heterocycles. The monoisotopic (exact) mass is 214 g/mol. The van der Waals surface area contributed by atoms with Crippen molar-refractivity contribution in [2.24, 2.45) is 5.92 Å². The van der Waals surface area contributed by atoms with Gasteiger partial charge in [0.05, 0.1) is 6.10 Å². The van der Waals surface area contributed by atoms with Crippen LogP contribution in [0.25, 0.3) is 0 Å². The van der Waals surface area contributed by atoms with Crippen LogP contribution in [-0.2, 0) is 4.74 Å². The predicted molar refractivity (Wildman–Crippen MR) is 64.2 cm³/mol. The summed E-state index contributed by atoms with van der Waals surface area (Å²) in [5, 5.41) is 3.42. The zero-order valence-electron chi connectivity index (χ0n) is 10.5. The minimum absolute atomic E-state index is 0.459.